The molecule has 0 aliphatic carbocycles. The second-order valence-electron chi connectivity index (χ2n) is 8.92. The highest BCUT2D eigenvalue weighted by molar-refractivity contribution is 9.10. The van der Waals surface area contributed by atoms with Crippen LogP contribution in [-0.4, -0.2) is 37.5 Å². The number of rotatable bonds is 18. The fraction of sp³-hybridized carbons (Fsp3) is 0.448. The van der Waals surface area contributed by atoms with Crippen molar-refractivity contribution in [2.45, 2.75) is 71.6 Å². The van der Waals surface area contributed by atoms with Crippen molar-refractivity contribution in [3.05, 3.63) is 56.5 Å². The molecular weight excluding hydrogens is 628 g/mol. The molecule has 2 aromatic rings. The molecule has 39 heavy (non-hydrogen) atoms. The van der Waals surface area contributed by atoms with Crippen LogP contribution in [0.4, 0.5) is 0 Å². The minimum Gasteiger partial charge on any atom is -0.493 e. The molecule has 0 atom stereocenters. The molecule has 0 heterocycles. The zero-order valence-corrected chi connectivity index (χ0v) is 25.9. The van der Waals surface area contributed by atoms with Crippen molar-refractivity contribution >= 4 is 56.1 Å². The maximum Gasteiger partial charge on any atom is 0.240 e. The number of amides is 2. The third kappa shape index (κ3) is 13.8. The molecule has 0 bridgehead atoms. The van der Waals surface area contributed by atoms with E-state index in [1.165, 1.54) is 0 Å². The van der Waals surface area contributed by atoms with Gasteiger partial charge in [0.2, 0.25) is 11.8 Å². The van der Waals surface area contributed by atoms with E-state index in [0.717, 1.165) is 63.7 Å². The molecule has 0 saturated carbocycles. The Morgan fingerprint density at radius 1 is 0.718 bits per heavy atom. The standard InChI is InChI=1S/C29H38Br2N4O4/c1-3-5-16-38-26-14-12-24(30)18-22(26)20-32-34-28(36)10-8-7-9-11-29(37)35-33-21-23-19-25(31)13-15-27(23)39-17-6-4-2/h12-15,18-21H,3-11,16-17H2,1-2H3,(H,34,36)(H,35,37). The highest BCUT2D eigenvalue weighted by atomic mass is 79.9. The van der Waals surface area contributed by atoms with Crippen molar-refractivity contribution < 1.29 is 19.1 Å². The van der Waals surface area contributed by atoms with E-state index in [1.54, 1.807) is 12.4 Å². The Morgan fingerprint density at radius 2 is 1.15 bits per heavy atom. The number of nitrogens with zero attached hydrogens (tertiary/aromatic N) is 2. The molecule has 8 nitrogen and oxygen atoms in total. The van der Waals surface area contributed by atoms with Gasteiger partial charge in [0.05, 0.1) is 25.6 Å². The van der Waals surface area contributed by atoms with Gasteiger partial charge < -0.3 is 9.47 Å². The van der Waals surface area contributed by atoms with Crippen LogP contribution >= 0.6 is 31.9 Å². The number of halogens is 2. The number of carbonyl (C=O) groups is 2. The molecule has 0 aromatic heterocycles. The van der Waals surface area contributed by atoms with E-state index >= 15 is 0 Å². The van der Waals surface area contributed by atoms with Crippen LogP contribution in [0.2, 0.25) is 0 Å². The van der Waals surface area contributed by atoms with E-state index < -0.39 is 0 Å². The van der Waals surface area contributed by atoms with Gasteiger partial charge in [0.1, 0.15) is 11.5 Å². The topological polar surface area (TPSA) is 101 Å². The summed E-state index contributed by atoms with van der Waals surface area (Å²) in [6.45, 7) is 5.49. The predicted octanol–water partition coefficient (Wildman–Crippen LogP) is 7.12. The summed E-state index contributed by atoms with van der Waals surface area (Å²) in [5, 5.41) is 8.14. The first-order valence-electron chi connectivity index (χ1n) is 13.4. The van der Waals surface area contributed by atoms with Crippen LogP contribution in [0, 0.1) is 0 Å². The Kier molecular flexibility index (Phi) is 16.1. The first-order chi connectivity index (χ1) is 18.9. The normalized spacial score (nSPS) is 11.2. The second kappa shape index (κ2) is 19.4. The number of nitrogens with one attached hydrogen (secondary N) is 2. The largest absolute Gasteiger partial charge is 0.493 e. The summed E-state index contributed by atoms with van der Waals surface area (Å²) in [6, 6.07) is 11.4. The number of unbranched alkanes of at least 4 members (excludes halogenated alkanes) is 4. The Morgan fingerprint density at radius 3 is 1.56 bits per heavy atom. The van der Waals surface area contributed by atoms with E-state index in [1.807, 2.05) is 36.4 Å². The molecule has 10 heteroatoms. The highest BCUT2D eigenvalue weighted by Crippen LogP contribution is 2.23. The SMILES string of the molecule is CCCCOc1ccc(Br)cc1C=NNC(=O)CCCCCC(=O)NN=Cc1cc(Br)ccc1OCCCC. The lowest BCUT2D eigenvalue weighted by molar-refractivity contribution is -0.121. The Labute approximate surface area is 248 Å². The predicted molar refractivity (Wildman–Crippen MR) is 164 cm³/mol. The van der Waals surface area contributed by atoms with Crippen LogP contribution in [-0.2, 0) is 9.59 Å². The fourth-order valence-corrected chi connectivity index (χ4v) is 4.12. The van der Waals surface area contributed by atoms with Crippen LogP contribution in [0.25, 0.3) is 0 Å². The van der Waals surface area contributed by atoms with Crippen LogP contribution in [0.5, 0.6) is 11.5 Å². The van der Waals surface area contributed by atoms with E-state index in [-0.39, 0.29) is 11.8 Å². The number of hydrazone groups is 2. The maximum absolute atomic E-state index is 12.1. The van der Waals surface area contributed by atoms with Gasteiger partial charge in [-0.15, -0.1) is 0 Å². The summed E-state index contributed by atoms with van der Waals surface area (Å²) in [4.78, 5) is 24.3. The van der Waals surface area contributed by atoms with E-state index in [0.29, 0.717) is 38.9 Å². The third-order valence-electron chi connectivity index (χ3n) is 5.55. The van der Waals surface area contributed by atoms with Crippen molar-refractivity contribution in [3.8, 4) is 11.5 Å². The average molecular weight is 666 g/mol. The summed E-state index contributed by atoms with van der Waals surface area (Å²) >= 11 is 6.90. The van der Waals surface area contributed by atoms with E-state index in [2.05, 4.69) is 66.8 Å². The molecule has 0 spiro atoms. The number of benzene rings is 2. The summed E-state index contributed by atoms with van der Waals surface area (Å²) in [6.07, 6.45) is 9.96. The lowest BCUT2D eigenvalue weighted by atomic mass is 10.1. The molecule has 2 N–H and O–H groups in total. The zero-order chi connectivity index (χ0) is 28.3. The van der Waals surface area contributed by atoms with E-state index in [4.69, 9.17) is 9.47 Å². The van der Waals surface area contributed by atoms with Gasteiger partial charge in [-0.2, -0.15) is 10.2 Å². The van der Waals surface area contributed by atoms with Gasteiger partial charge >= 0.3 is 0 Å². The van der Waals surface area contributed by atoms with Gasteiger partial charge in [0, 0.05) is 32.9 Å². The van der Waals surface area contributed by atoms with Crippen LogP contribution < -0.4 is 20.3 Å². The molecular formula is C29H38Br2N4O4. The summed E-state index contributed by atoms with van der Waals surface area (Å²) < 4.78 is 13.4. The molecule has 0 aliphatic heterocycles. The molecule has 0 fully saturated rings. The maximum atomic E-state index is 12.1. The second-order valence-corrected chi connectivity index (χ2v) is 10.7. The van der Waals surface area contributed by atoms with Crippen LogP contribution in [0.15, 0.2) is 55.5 Å². The van der Waals surface area contributed by atoms with Crippen LogP contribution in [0.1, 0.15) is 82.8 Å². The van der Waals surface area contributed by atoms with Gasteiger partial charge in [-0.05, 0) is 62.1 Å². The fourth-order valence-electron chi connectivity index (χ4n) is 3.36. The molecule has 0 unspecified atom stereocenters. The Balaban J connectivity index is 1.66. The Bertz CT molecular complexity index is 1020. The van der Waals surface area contributed by atoms with Gasteiger partial charge in [-0.25, -0.2) is 10.9 Å². The smallest absolute Gasteiger partial charge is 0.240 e. The summed E-state index contributed by atoms with van der Waals surface area (Å²) in [5.74, 6) is 1.11. The van der Waals surface area contributed by atoms with Gasteiger partial charge in [-0.3, -0.25) is 9.59 Å². The van der Waals surface area contributed by atoms with Gasteiger partial charge in [0.15, 0.2) is 0 Å². The zero-order valence-electron chi connectivity index (χ0n) is 22.7. The lowest BCUT2D eigenvalue weighted by Crippen LogP contribution is -2.18. The Hall–Kier alpha value is -2.72. The van der Waals surface area contributed by atoms with Crippen molar-refractivity contribution in [1.82, 2.24) is 10.9 Å². The van der Waals surface area contributed by atoms with Gasteiger partial charge in [0.25, 0.3) is 0 Å². The number of hydrogen-bond donors (Lipinski definition) is 2. The van der Waals surface area contributed by atoms with E-state index in [9.17, 15) is 9.59 Å². The molecule has 2 rings (SSSR count). The number of carbonyl (C=O) groups excluding carboxylic acids is 2. The van der Waals surface area contributed by atoms with Crippen molar-refractivity contribution in [2.75, 3.05) is 13.2 Å². The van der Waals surface area contributed by atoms with Crippen molar-refractivity contribution in [1.29, 1.82) is 0 Å². The highest BCUT2D eigenvalue weighted by Gasteiger charge is 2.06. The quantitative estimate of drug-likeness (QED) is 0.101. The van der Waals surface area contributed by atoms with Crippen molar-refractivity contribution in [2.24, 2.45) is 10.2 Å². The molecule has 212 valence electrons. The summed E-state index contributed by atoms with van der Waals surface area (Å²) in [7, 11) is 0. The molecule has 0 radical (unpaired) electrons. The van der Waals surface area contributed by atoms with Gasteiger partial charge in [-0.1, -0.05) is 65.0 Å². The molecule has 2 aromatic carbocycles. The first kappa shape index (κ1) is 32.5. The minimum atomic E-state index is -0.172. The summed E-state index contributed by atoms with van der Waals surface area (Å²) in [5.41, 5.74) is 6.69. The lowest BCUT2D eigenvalue weighted by Gasteiger charge is -2.09. The average Bonchev–Trinajstić information content (AvgIpc) is 2.91. The molecule has 0 saturated heterocycles. The first-order valence-corrected chi connectivity index (χ1v) is 15.0. The van der Waals surface area contributed by atoms with Crippen LogP contribution in [0.3, 0.4) is 0 Å². The molecule has 2 amide bonds. The van der Waals surface area contributed by atoms with Crippen molar-refractivity contribution in [3.63, 3.8) is 0 Å². The monoisotopic (exact) mass is 664 g/mol. The third-order valence-corrected chi connectivity index (χ3v) is 6.53. The minimum absolute atomic E-state index is 0.172. The number of hydrogen-bond acceptors (Lipinski definition) is 6. The molecule has 0 aliphatic rings. The number of ether oxygens (including phenoxy) is 2.